The molecule has 0 aromatic heterocycles. The maximum atomic E-state index is 12.3. The summed E-state index contributed by atoms with van der Waals surface area (Å²) in [6.07, 6.45) is -1.17. The zero-order valence-electron chi connectivity index (χ0n) is 14.7. The van der Waals surface area contributed by atoms with Gasteiger partial charge in [0, 0.05) is 12.7 Å². The Bertz CT molecular complexity index is 742. The molecule has 0 spiro atoms. The van der Waals surface area contributed by atoms with E-state index in [1.54, 1.807) is 25.7 Å². The van der Waals surface area contributed by atoms with E-state index < -0.39 is 43.2 Å². The first-order valence-electron chi connectivity index (χ1n) is 7.72. The van der Waals surface area contributed by atoms with E-state index in [0.29, 0.717) is 0 Å². The highest BCUT2D eigenvalue weighted by atomic mass is 32.2. The van der Waals surface area contributed by atoms with Crippen LogP contribution in [0.5, 0.6) is 0 Å². The average molecular weight is 390 g/mol. The minimum Gasteiger partial charge on any atom is -0.458 e. The third-order valence-electron chi connectivity index (χ3n) is 2.95. The van der Waals surface area contributed by atoms with Crippen LogP contribution >= 0.6 is 0 Å². The maximum Gasteiger partial charge on any atom is 0.337 e. The lowest BCUT2D eigenvalue weighted by Crippen LogP contribution is -2.38. The Morgan fingerprint density at radius 2 is 1.96 bits per heavy atom. The largest absolute Gasteiger partial charge is 0.458 e. The number of nitrogens with zero attached hydrogens (tertiary/aromatic N) is 1. The van der Waals surface area contributed by atoms with Gasteiger partial charge >= 0.3 is 5.97 Å². The molecule has 11 heteroatoms. The molecule has 0 radical (unpaired) electrons. The summed E-state index contributed by atoms with van der Waals surface area (Å²) in [4.78, 5) is 28.4. The number of hydrogen-bond donors (Lipinski definition) is 2. The summed E-state index contributed by atoms with van der Waals surface area (Å²) in [5, 5.41) is 19.9. The third-order valence-corrected chi connectivity index (χ3v) is 4.19. The van der Waals surface area contributed by atoms with Crippen LogP contribution < -0.4 is 4.89 Å². The number of para-hydroxylation sites is 1. The first-order valence-corrected chi connectivity index (χ1v) is 9.21. The number of aliphatic hydroxyl groups excluding tert-OH is 1. The van der Waals surface area contributed by atoms with Gasteiger partial charge in [-0.1, -0.05) is 17.0 Å². The van der Waals surface area contributed by atoms with E-state index in [2.05, 4.69) is 0 Å². The number of sulfonamides is 1. The van der Waals surface area contributed by atoms with E-state index in [4.69, 9.17) is 14.7 Å². The first-order chi connectivity index (χ1) is 12.0. The van der Waals surface area contributed by atoms with Crippen LogP contribution in [0.2, 0.25) is 0 Å². The molecule has 26 heavy (non-hydrogen) atoms. The first kappa shape index (κ1) is 22.0. The number of esters is 1. The van der Waals surface area contributed by atoms with Crippen LogP contribution in [-0.4, -0.2) is 42.7 Å². The molecule has 2 N–H and O–H groups in total. The third kappa shape index (κ3) is 6.67. The molecule has 0 saturated carbocycles. The van der Waals surface area contributed by atoms with Crippen LogP contribution in [0.3, 0.4) is 0 Å². The molecule has 0 aliphatic heterocycles. The standard InChI is InChI=1S/C15H22N2O8S/c1-15(2,3)24-14(19)12(8-6-10-18)25-16-26(22,23)13-9-5-4-7-11(13)17(20)21/h4-5,7,9,12,16,18H,6,8,10H2,1-3H3/t12-/m1/s1. The highest BCUT2D eigenvalue weighted by molar-refractivity contribution is 7.89. The molecule has 1 aromatic carbocycles. The van der Waals surface area contributed by atoms with Crippen molar-refractivity contribution in [1.82, 2.24) is 4.89 Å². The van der Waals surface area contributed by atoms with E-state index in [9.17, 15) is 23.3 Å². The zero-order chi connectivity index (χ0) is 20.0. The van der Waals surface area contributed by atoms with Crippen LogP contribution in [0.1, 0.15) is 33.6 Å². The highest BCUT2D eigenvalue weighted by Crippen LogP contribution is 2.23. The average Bonchev–Trinajstić information content (AvgIpc) is 2.53. The maximum absolute atomic E-state index is 12.3. The number of hydrogen-bond acceptors (Lipinski definition) is 8. The molecule has 0 unspecified atom stereocenters. The summed E-state index contributed by atoms with van der Waals surface area (Å²) >= 11 is 0. The molecule has 0 aliphatic rings. The number of carbonyl (C=O) groups excluding carboxylic acids is 1. The van der Waals surface area contributed by atoms with E-state index in [0.717, 1.165) is 12.1 Å². The van der Waals surface area contributed by atoms with Crippen molar-refractivity contribution in [2.45, 2.75) is 50.2 Å². The van der Waals surface area contributed by atoms with Crippen molar-refractivity contribution in [3.8, 4) is 0 Å². The van der Waals surface area contributed by atoms with Crippen molar-refractivity contribution >= 4 is 21.7 Å². The fourth-order valence-electron chi connectivity index (χ4n) is 1.87. The van der Waals surface area contributed by atoms with E-state index in [1.807, 2.05) is 0 Å². The van der Waals surface area contributed by atoms with Crippen LogP contribution in [-0.2, 0) is 24.4 Å². The van der Waals surface area contributed by atoms with Gasteiger partial charge in [0.05, 0.1) is 4.92 Å². The Morgan fingerprint density at radius 3 is 2.50 bits per heavy atom. The summed E-state index contributed by atoms with van der Waals surface area (Å²) in [5.41, 5.74) is -1.46. The number of aliphatic hydroxyl groups is 1. The predicted molar refractivity (Wildman–Crippen MR) is 90.5 cm³/mol. The molecule has 0 saturated heterocycles. The van der Waals surface area contributed by atoms with Crippen LogP contribution in [0, 0.1) is 10.1 Å². The van der Waals surface area contributed by atoms with Gasteiger partial charge < -0.3 is 9.84 Å². The van der Waals surface area contributed by atoms with Gasteiger partial charge in [-0.05, 0) is 39.7 Å². The monoisotopic (exact) mass is 390 g/mol. The summed E-state index contributed by atoms with van der Waals surface area (Å²) in [7, 11) is -4.42. The highest BCUT2D eigenvalue weighted by Gasteiger charge is 2.30. The van der Waals surface area contributed by atoms with Crippen molar-refractivity contribution < 1.29 is 32.8 Å². The molecule has 0 bridgehead atoms. The summed E-state index contributed by atoms with van der Waals surface area (Å²) < 4.78 is 29.7. The van der Waals surface area contributed by atoms with Gasteiger partial charge in [-0.15, -0.1) is 0 Å². The van der Waals surface area contributed by atoms with Crippen molar-refractivity contribution in [3.63, 3.8) is 0 Å². The van der Waals surface area contributed by atoms with Crippen molar-refractivity contribution in [1.29, 1.82) is 0 Å². The predicted octanol–water partition coefficient (Wildman–Crippen LogP) is 1.29. The SMILES string of the molecule is CC(C)(C)OC(=O)[C@@H](CCCO)ONS(=O)(=O)c1ccccc1[N+](=O)[O-]. The molecule has 146 valence electrons. The second-order valence-corrected chi connectivity index (χ2v) is 7.93. The number of benzene rings is 1. The Labute approximate surface area is 151 Å². The van der Waals surface area contributed by atoms with Crippen LogP contribution in [0.25, 0.3) is 0 Å². The molecule has 0 aliphatic carbocycles. The molecule has 10 nitrogen and oxygen atoms in total. The fraction of sp³-hybridized carbons (Fsp3) is 0.533. The van der Waals surface area contributed by atoms with Gasteiger partial charge in [-0.25, -0.2) is 13.2 Å². The lowest BCUT2D eigenvalue weighted by Gasteiger charge is -2.23. The molecule has 1 rings (SSSR count). The van der Waals surface area contributed by atoms with E-state index in [-0.39, 0.29) is 19.4 Å². The van der Waals surface area contributed by atoms with Crippen molar-refractivity contribution in [2.24, 2.45) is 0 Å². The lowest BCUT2D eigenvalue weighted by molar-refractivity contribution is -0.387. The number of carbonyl (C=O) groups is 1. The van der Waals surface area contributed by atoms with Gasteiger partial charge in [-0.3, -0.25) is 15.0 Å². The van der Waals surface area contributed by atoms with Gasteiger partial charge in [-0.2, -0.15) is 0 Å². The minimum absolute atomic E-state index is 0.00911. The minimum atomic E-state index is -4.42. The summed E-state index contributed by atoms with van der Waals surface area (Å²) in [6, 6.07) is 4.72. The van der Waals surface area contributed by atoms with Gasteiger partial charge in [0.25, 0.3) is 15.7 Å². The van der Waals surface area contributed by atoms with E-state index >= 15 is 0 Å². The zero-order valence-corrected chi connectivity index (χ0v) is 15.5. The Kier molecular flexibility index (Phi) is 7.63. The van der Waals surface area contributed by atoms with Gasteiger partial charge in [0.2, 0.25) is 0 Å². The molecule has 0 heterocycles. The Morgan fingerprint density at radius 1 is 1.35 bits per heavy atom. The number of nitro groups is 1. The van der Waals surface area contributed by atoms with Gasteiger partial charge in [0.15, 0.2) is 11.0 Å². The molecule has 1 aromatic rings. The molecule has 1 atom stereocenters. The number of ether oxygens (including phenoxy) is 1. The van der Waals surface area contributed by atoms with Crippen LogP contribution in [0.15, 0.2) is 29.2 Å². The van der Waals surface area contributed by atoms with Crippen molar-refractivity contribution in [3.05, 3.63) is 34.4 Å². The number of nitrogens with one attached hydrogen (secondary N) is 1. The Balaban J connectivity index is 2.96. The Hall–Kier alpha value is -2.08. The van der Waals surface area contributed by atoms with Crippen molar-refractivity contribution in [2.75, 3.05) is 6.61 Å². The van der Waals surface area contributed by atoms with E-state index in [1.165, 1.54) is 12.1 Å². The normalized spacial score (nSPS) is 13.2. The number of rotatable bonds is 9. The summed E-state index contributed by atoms with van der Waals surface area (Å²) in [5.74, 6) is -0.823. The molecular formula is C15H22N2O8S. The topological polar surface area (TPSA) is 145 Å². The second-order valence-electron chi connectivity index (χ2n) is 6.32. The quantitative estimate of drug-likeness (QED) is 0.364. The molecule has 0 fully saturated rings. The van der Waals surface area contributed by atoms with Crippen LogP contribution in [0.4, 0.5) is 5.69 Å². The molecule has 0 amide bonds. The van der Waals surface area contributed by atoms with Gasteiger partial charge in [0.1, 0.15) is 5.60 Å². The number of nitro benzene ring substituents is 1. The lowest BCUT2D eigenvalue weighted by atomic mass is 10.1. The summed E-state index contributed by atoms with van der Waals surface area (Å²) in [6.45, 7) is 4.65. The fourth-order valence-corrected chi connectivity index (χ4v) is 2.88. The second kappa shape index (κ2) is 9.03. The smallest absolute Gasteiger partial charge is 0.337 e. The molecular weight excluding hydrogens is 368 g/mol.